The molecule has 1 aliphatic heterocycles. The lowest BCUT2D eigenvalue weighted by molar-refractivity contribution is 0.446. The van der Waals surface area contributed by atoms with Gasteiger partial charge in [-0.15, -0.1) is 0 Å². The van der Waals surface area contributed by atoms with Gasteiger partial charge in [0.25, 0.3) is 0 Å². The van der Waals surface area contributed by atoms with Gasteiger partial charge in [0.15, 0.2) is 0 Å². The van der Waals surface area contributed by atoms with E-state index in [1.54, 1.807) is 0 Å². The smallest absolute Gasteiger partial charge is 0.101 e. The number of hydrogen-bond donors (Lipinski definition) is 1. The molecule has 1 fully saturated rings. The number of likely N-dealkylation sites (N-methyl/N-ethyl adjacent to an activating group) is 1. The molecule has 0 saturated carbocycles. The average Bonchev–Trinajstić information content (AvgIpc) is 2.40. The molecule has 2 rings (SSSR count). The second-order valence-corrected chi connectivity index (χ2v) is 5.59. The highest BCUT2D eigenvalue weighted by Crippen LogP contribution is 2.30. The molecule has 0 spiro atoms. The van der Waals surface area contributed by atoms with Crippen molar-refractivity contribution in [3.8, 4) is 6.07 Å². The van der Waals surface area contributed by atoms with E-state index in [4.69, 9.17) is 0 Å². The van der Waals surface area contributed by atoms with Crippen LogP contribution in [0.5, 0.6) is 0 Å². The predicted molar refractivity (Wildman–Crippen MR) is 77.8 cm³/mol. The highest BCUT2D eigenvalue weighted by atomic mass is 79.9. The minimum Gasteiger partial charge on any atom is -0.366 e. The van der Waals surface area contributed by atoms with Gasteiger partial charge in [0, 0.05) is 23.6 Å². The van der Waals surface area contributed by atoms with Crippen LogP contribution in [0.1, 0.15) is 24.8 Å². The Morgan fingerprint density at radius 1 is 1.50 bits per heavy atom. The van der Waals surface area contributed by atoms with E-state index in [9.17, 15) is 5.26 Å². The van der Waals surface area contributed by atoms with Gasteiger partial charge in [0.2, 0.25) is 0 Å². The van der Waals surface area contributed by atoms with Crippen LogP contribution in [0.4, 0.5) is 5.69 Å². The fourth-order valence-corrected chi connectivity index (χ4v) is 2.95. The van der Waals surface area contributed by atoms with E-state index < -0.39 is 0 Å². The lowest BCUT2D eigenvalue weighted by Crippen LogP contribution is -2.45. The molecule has 1 aliphatic rings. The molecule has 1 saturated heterocycles. The summed E-state index contributed by atoms with van der Waals surface area (Å²) in [6, 6.07) is 8.68. The number of anilines is 1. The van der Waals surface area contributed by atoms with Crippen molar-refractivity contribution in [3.05, 3.63) is 28.2 Å². The molecule has 96 valence electrons. The fraction of sp³-hybridized carbons (Fsp3) is 0.500. The van der Waals surface area contributed by atoms with Gasteiger partial charge in [0.05, 0.1) is 11.3 Å². The topological polar surface area (TPSA) is 39.1 Å². The molecule has 0 bridgehead atoms. The summed E-state index contributed by atoms with van der Waals surface area (Å²) >= 11 is 3.50. The van der Waals surface area contributed by atoms with E-state index in [2.05, 4.69) is 38.3 Å². The SMILES string of the molecule is CNCC1CCCCN1c1cc(Br)ccc1C#N. The van der Waals surface area contributed by atoms with Gasteiger partial charge in [-0.2, -0.15) is 5.26 Å². The van der Waals surface area contributed by atoms with Crippen molar-refractivity contribution in [2.75, 3.05) is 25.0 Å². The van der Waals surface area contributed by atoms with Crippen LogP contribution in [-0.4, -0.2) is 26.2 Å². The Morgan fingerprint density at radius 3 is 3.06 bits per heavy atom. The maximum atomic E-state index is 9.25. The summed E-state index contributed by atoms with van der Waals surface area (Å²) < 4.78 is 1.03. The third-order valence-corrected chi connectivity index (χ3v) is 3.95. The normalized spacial score (nSPS) is 19.6. The first-order valence-corrected chi connectivity index (χ1v) is 7.16. The van der Waals surface area contributed by atoms with Crippen LogP contribution in [0.25, 0.3) is 0 Å². The molecular formula is C14H18BrN3. The second kappa shape index (κ2) is 6.21. The molecule has 18 heavy (non-hydrogen) atoms. The number of nitriles is 1. The van der Waals surface area contributed by atoms with E-state index >= 15 is 0 Å². The number of nitrogens with zero attached hydrogens (tertiary/aromatic N) is 2. The van der Waals surface area contributed by atoms with Gasteiger partial charge in [-0.25, -0.2) is 0 Å². The molecule has 1 heterocycles. The van der Waals surface area contributed by atoms with Gasteiger partial charge >= 0.3 is 0 Å². The molecule has 0 aromatic heterocycles. The van der Waals surface area contributed by atoms with Gasteiger partial charge in [-0.3, -0.25) is 0 Å². The molecule has 1 unspecified atom stereocenters. The third kappa shape index (κ3) is 2.85. The Morgan fingerprint density at radius 2 is 2.33 bits per heavy atom. The van der Waals surface area contributed by atoms with Crippen LogP contribution in [0.2, 0.25) is 0 Å². The molecular weight excluding hydrogens is 290 g/mol. The zero-order valence-corrected chi connectivity index (χ0v) is 12.2. The monoisotopic (exact) mass is 307 g/mol. The van der Waals surface area contributed by atoms with Crippen molar-refractivity contribution in [3.63, 3.8) is 0 Å². The summed E-state index contributed by atoms with van der Waals surface area (Å²) in [7, 11) is 1.99. The summed E-state index contributed by atoms with van der Waals surface area (Å²) in [5, 5.41) is 12.5. The first-order chi connectivity index (χ1) is 8.76. The number of nitrogens with one attached hydrogen (secondary N) is 1. The van der Waals surface area contributed by atoms with Crippen LogP contribution >= 0.6 is 15.9 Å². The Kier molecular flexibility index (Phi) is 4.62. The van der Waals surface area contributed by atoms with Crippen molar-refractivity contribution in [1.82, 2.24) is 5.32 Å². The van der Waals surface area contributed by atoms with Crippen LogP contribution in [0.3, 0.4) is 0 Å². The first kappa shape index (κ1) is 13.4. The predicted octanol–water partition coefficient (Wildman–Crippen LogP) is 2.90. The number of halogens is 1. The van der Waals surface area contributed by atoms with Crippen LogP contribution in [0, 0.1) is 11.3 Å². The largest absolute Gasteiger partial charge is 0.366 e. The lowest BCUT2D eigenvalue weighted by Gasteiger charge is -2.38. The average molecular weight is 308 g/mol. The zero-order chi connectivity index (χ0) is 13.0. The molecule has 1 N–H and O–H groups in total. The number of benzene rings is 1. The maximum absolute atomic E-state index is 9.25. The number of rotatable bonds is 3. The summed E-state index contributed by atoms with van der Waals surface area (Å²) in [5.74, 6) is 0. The Hall–Kier alpha value is -1.05. The standard InChI is InChI=1S/C14H18BrN3/c1-17-10-13-4-2-3-7-18(13)14-8-12(15)6-5-11(14)9-16/h5-6,8,13,17H,2-4,7,10H2,1H3. The summed E-state index contributed by atoms with van der Waals surface area (Å²) in [5.41, 5.74) is 1.83. The van der Waals surface area contributed by atoms with E-state index in [1.807, 2.05) is 19.2 Å². The van der Waals surface area contributed by atoms with Crippen LogP contribution < -0.4 is 10.2 Å². The molecule has 1 atom stereocenters. The highest BCUT2D eigenvalue weighted by molar-refractivity contribution is 9.10. The molecule has 0 radical (unpaired) electrons. The molecule has 1 aromatic rings. The molecule has 1 aromatic carbocycles. The first-order valence-electron chi connectivity index (χ1n) is 6.37. The zero-order valence-electron chi connectivity index (χ0n) is 10.6. The molecule has 3 nitrogen and oxygen atoms in total. The minimum absolute atomic E-state index is 0.491. The van der Waals surface area contributed by atoms with Gasteiger partial charge in [0.1, 0.15) is 6.07 Å². The third-order valence-electron chi connectivity index (χ3n) is 3.46. The van der Waals surface area contributed by atoms with E-state index in [0.717, 1.165) is 28.8 Å². The quantitative estimate of drug-likeness (QED) is 0.933. The molecule has 0 amide bonds. The van der Waals surface area contributed by atoms with Crippen LogP contribution in [-0.2, 0) is 0 Å². The summed E-state index contributed by atoms with van der Waals surface area (Å²) in [6.07, 6.45) is 3.68. The Labute approximate surface area is 117 Å². The Balaban J connectivity index is 2.33. The van der Waals surface area contributed by atoms with Gasteiger partial charge in [-0.05, 0) is 44.5 Å². The summed E-state index contributed by atoms with van der Waals surface area (Å²) in [6.45, 7) is 2.01. The summed E-state index contributed by atoms with van der Waals surface area (Å²) in [4.78, 5) is 2.38. The highest BCUT2D eigenvalue weighted by Gasteiger charge is 2.24. The molecule has 4 heteroatoms. The fourth-order valence-electron chi connectivity index (χ4n) is 2.60. The van der Waals surface area contributed by atoms with Crippen molar-refractivity contribution < 1.29 is 0 Å². The van der Waals surface area contributed by atoms with E-state index in [-0.39, 0.29) is 0 Å². The van der Waals surface area contributed by atoms with Crippen molar-refractivity contribution in [2.24, 2.45) is 0 Å². The maximum Gasteiger partial charge on any atom is 0.101 e. The number of piperidine rings is 1. The Bertz CT molecular complexity index is 451. The van der Waals surface area contributed by atoms with Crippen molar-refractivity contribution in [1.29, 1.82) is 5.26 Å². The van der Waals surface area contributed by atoms with Gasteiger partial charge in [-0.1, -0.05) is 15.9 Å². The second-order valence-electron chi connectivity index (χ2n) is 4.67. The lowest BCUT2D eigenvalue weighted by atomic mass is 10.00. The molecule has 0 aliphatic carbocycles. The van der Waals surface area contributed by atoms with Crippen molar-refractivity contribution >= 4 is 21.6 Å². The van der Waals surface area contributed by atoms with Crippen molar-refractivity contribution in [2.45, 2.75) is 25.3 Å². The van der Waals surface area contributed by atoms with E-state index in [1.165, 1.54) is 19.3 Å². The number of hydrogen-bond acceptors (Lipinski definition) is 3. The van der Waals surface area contributed by atoms with E-state index in [0.29, 0.717) is 6.04 Å². The van der Waals surface area contributed by atoms with Gasteiger partial charge < -0.3 is 10.2 Å². The minimum atomic E-state index is 0.491. The van der Waals surface area contributed by atoms with Crippen LogP contribution in [0.15, 0.2) is 22.7 Å².